The van der Waals surface area contributed by atoms with Crippen LogP contribution in [0.15, 0.2) is 0 Å². The van der Waals surface area contributed by atoms with Gasteiger partial charge in [-0.1, -0.05) is 13.8 Å². The highest BCUT2D eigenvalue weighted by Crippen LogP contribution is 2.67. The standard InChI is InChI=1S/C24H39NO4/c1-5-29-21(26)20(25)24(28)12-14(2)19-18-7-6-15-13-22(3,27)10-8-16(15)17(18)9-11-23(19,24)4/h14-19,25,27-28H,5-13H2,1-4H3/t14-,15+,16+,17-,18-,19+,22-,23+,24?/m1/s1. The molecule has 0 radical (unpaired) electrons. The molecule has 29 heavy (non-hydrogen) atoms. The second kappa shape index (κ2) is 7.05. The van der Waals surface area contributed by atoms with Crippen molar-refractivity contribution >= 4 is 11.7 Å². The molecule has 164 valence electrons. The van der Waals surface area contributed by atoms with Gasteiger partial charge in [-0.2, -0.15) is 0 Å². The van der Waals surface area contributed by atoms with Crippen LogP contribution in [0.4, 0.5) is 0 Å². The zero-order chi connectivity index (χ0) is 21.2. The zero-order valence-electron chi connectivity index (χ0n) is 18.5. The Labute approximate surface area is 175 Å². The molecule has 0 saturated heterocycles. The summed E-state index contributed by atoms with van der Waals surface area (Å²) in [7, 11) is 0. The highest BCUT2D eigenvalue weighted by atomic mass is 16.5. The number of hydrogen-bond acceptors (Lipinski definition) is 5. The summed E-state index contributed by atoms with van der Waals surface area (Å²) < 4.78 is 5.09. The van der Waals surface area contributed by atoms with Crippen molar-refractivity contribution in [2.24, 2.45) is 40.9 Å². The van der Waals surface area contributed by atoms with Crippen molar-refractivity contribution in [3.8, 4) is 0 Å². The van der Waals surface area contributed by atoms with Gasteiger partial charge in [0.05, 0.1) is 12.2 Å². The normalized spacial score (nSPS) is 51.5. The van der Waals surface area contributed by atoms with Crippen LogP contribution < -0.4 is 0 Å². The first kappa shape index (κ1) is 21.3. The van der Waals surface area contributed by atoms with E-state index in [2.05, 4.69) is 13.8 Å². The van der Waals surface area contributed by atoms with Crippen LogP contribution in [-0.2, 0) is 9.53 Å². The minimum Gasteiger partial charge on any atom is -0.461 e. The Morgan fingerprint density at radius 2 is 1.72 bits per heavy atom. The number of ether oxygens (including phenoxy) is 1. The molecule has 0 aromatic carbocycles. The molecule has 4 aliphatic carbocycles. The molecule has 4 fully saturated rings. The van der Waals surface area contributed by atoms with Gasteiger partial charge in [0.25, 0.3) is 0 Å². The van der Waals surface area contributed by atoms with Crippen LogP contribution in [0.5, 0.6) is 0 Å². The second-order valence-corrected chi connectivity index (χ2v) is 11.2. The third kappa shape index (κ3) is 3.10. The summed E-state index contributed by atoms with van der Waals surface area (Å²) in [5.74, 6) is 2.48. The number of nitrogens with one attached hydrogen (secondary N) is 1. The monoisotopic (exact) mass is 405 g/mol. The summed E-state index contributed by atoms with van der Waals surface area (Å²) in [6.07, 6.45) is 7.65. The third-order valence-corrected chi connectivity index (χ3v) is 9.56. The molecule has 5 heteroatoms. The summed E-state index contributed by atoms with van der Waals surface area (Å²) in [6, 6.07) is 0. The fourth-order valence-electron chi connectivity index (χ4n) is 8.45. The van der Waals surface area contributed by atoms with E-state index in [1.54, 1.807) is 6.92 Å². The predicted octanol–water partition coefficient (Wildman–Crippen LogP) is 3.95. The summed E-state index contributed by atoms with van der Waals surface area (Å²) in [5.41, 5.74) is -2.57. The molecule has 0 spiro atoms. The highest BCUT2D eigenvalue weighted by molar-refractivity contribution is 6.38. The Morgan fingerprint density at radius 1 is 1.03 bits per heavy atom. The second-order valence-electron chi connectivity index (χ2n) is 11.2. The van der Waals surface area contributed by atoms with E-state index in [1.807, 2.05) is 6.92 Å². The molecule has 0 aliphatic heterocycles. The smallest absolute Gasteiger partial charge is 0.355 e. The van der Waals surface area contributed by atoms with Crippen molar-refractivity contribution in [1.82, 2.24) is 0 Å². The molecule has 1 unspecified atom stereocenters. The first-order valence-corrected chi connectivity index (χ1v) is 11.7. The maximum atomic E-state index is 12.4. The topological polar surface area (TPSA) is 90.6 Å². The Hall–Kier alpha value is -0.940. The quantitative estimate of drug-likeness (QED) is 0.490. The third-order valence-electron chi connectivity index (χ3n) is 9.56. The van der Waals surface area contributed by atoms with Gasteiger partial charge < -0.3 is 14.9 Å². The Kier molecular flexibility index (Phi) is 5.18. The Balaban J connectivity index is 1.60. The lowest BCUT2D eigenvalue weighted by molar-refractivity contribution is -0.140. The van der Waals surface area contributed by atoms with E-state index < -0.39 is 22.6 Å². The van der Waals surface area contributed by atoms with Gasteiger partial charge >= 0.3 is 5.97 Å². The van der Waals surface area contributed by atoms with Crippen LogP contribution in [0, 0.1) is 46.3 Å². The van der Waals surface area contributed by atoms with Crippen LogP contribution in [0.2, 0.25) is 0 Å². The molecule has 9 atom stereocenters. The maximum absolute atomic E-state index is 12.4. The number of aliphatic hydroxyl groups is 2. The number of rotatable bonds is 3. The summed E-state index contributed by atoms with van der Waals surface area (Å²) >= 11 is 0. The Bertz CT molecular complexity index is 690. The van der Waals surface area contributed by atoms with E-state index >= 15 is 0 Å². The zero-order valence-corrected chi connectivity index (χ0v) is 18.5. The Morgan fingerprint density at radius 3 is 2.41 bits per heavy atom. The van der Waals surface area contributed by atoms with Gasteiger partial charge in [0, 0.05) is 5.41 Å². The van der Waals surface area contributed by atoms with Gasteiger partial charge in [0.1, 0.15) is 11.3 Å². The lowest BCUT2D eigenvalue weighted by Gasteiger charge is -2.58. The summed E-state index contributed by atoms with van der Waals surface area (Å²) in [5, 5.41) is 30.8. The van der Waals surface area contributed by atoms with Gasteiger partial charge in [-0.05, 0) is 101 Å². The van der Waals surface area contributed by atoms with Gasteiger partial charge in [0.2, 0.25) is 0 Å². The van der Waals surface area contributed by atoms with Crippen molar-refractivity contribution in [3.63, 3.8) is 0 Å². The van der Waals surface area contributed by atoms with Crippen LogP contribution >= 0.6 is 0 Å². The molecule has 3 N–H and O–H groups in total. The van der Waals surface area contributed by atoms with Gasteiger partial charge in [-0.3, -0.25) is 5.41 Å². The number of hydrogen-bond donors (Lipinski definition) is 3. The lowest BCUT2D eigenvalue weighted by Crippen LogP contribution is -2.58. The SMILES string of the molecule is CCOC(=O)C(=N)C1(O)C[C@@H](C)[C@H]2[C@@H]3CC[C@H]4C[C@](C)(O)CC[C@@H]4[C@H]3CC[C@@]21C. The number of fused-ring (bicyclic) bond motifs is 5. The molecule has 4 saturated carbocycles. The number of esters is 1. The van der Waals surface area contributed by atoms with E-state index in [4.69, 9.17) is 10.1 Å². The molecule has 4 aliphatic rings. The molecule has 0 bridgehead atoms. The highest BCUT2D eigenvalue weighted by Gasteiger charge is 2.67. The number of carbonyl (C=O) groups excluding carboxylic acids is 1. The van der Waals surface area contributed by atoms with Crippen molar-refractivity contribution in [2.75, 3.05) is 6.61 Å². The molecule has 0 heterocycles. The van der Waals surface area contributed by atoms with Crippen molar-refractivity contribution < 1.29 is 19.7 Å². The molecule has 5 nitrogen and oxygen atoms in total. The maximum Gasteiger partial charge on any atom is 0.355 e. The molecular weight excluding hydrogens is 366 g/mol. The number of carbonyl (C=O) groups is 1. The fourth-order valence-corrected chi connectivity index (χ4v) is 8.45. The van der Waals surface area contributed by atoms with Gasteiger partial charge in [-0.15, -0.1) is 0 Å². The molecule has 0 aromatic rings. The van der Waals surface area contributed by atoms with E-state index in [-0.39, 0.29) is 18.2 Å². The van der Waals surface area contributed by atoms with Crippen LogP contribution in [0.1, 0.15) is 79.1 Å². The average molecular weight is 406 g/mol. The largest absolute Gasteiger partial charge is 0.461 e. The van der Waals surface area contributed by atoms with E-state index in [0.717, 1.165) is 44.9 Å². The first-order chi connectivity index (χ1) is 13.5. The van der Waals surface area contributed by atoms with Crippen LogP contribution in [0.3, 0.4) is 0 Å². The molecule has 4 rings (SSSR count). The fraction of sp³-hybridized carbons (Fsp3) is 0.917. The molecule has 0 amide bonds. The van der Waals surface area contributed by atoms with E-state index in [9.17, 15) is 15.0 Å². The van der Waals surface area contributed by atoms with Crippen LogP contribution in [-0.4, -0.2) is 39.7 Å². The van der Waals surface area contributed by atoms with E-state index in [0.29, 0.717) is 36.0 Å². The minimum atomic E-state index is -1.39. The van der Waals surface area contributed by atoms with Crippen molar-refractivity contribution in [3.05, 3.63) is 0 Å². The summed E-state index contributed by atoms with van der Waals surface area (Å²) in [6.45, 7) is 8.29. The first-order valence-electron chi connectivity index (χ1n) is 11.7. The van der Waals surface area contributed by atoms with Crippen molar-refractivity contribution in [2.45, 2.75) is 90.3 Å². The molecule has 0 aromatic heterocycles. The molecular formula is C24H39NO4. The van der Waals surface area contributed by atoms with Gasteiger partial charge in [0.15, 0.2) is 0 Å². The summed E-state index contributed by atoms with van der Waals surface area (Å²) in [4.78, 5) is 12.4. The van der Waals surface area contributed by atoms with Crippen LogP contribution in [0.25, 0.3) is 0 Å². The predicted molar refractivity (Wildman–Crippen MR) is 112 cm³/mol. The van der Waals surface area contributed by atoms with Gasteiger partial charge in [-0.25, -0.2) is 4.79 Å². The van der Waals surface area contributed by atoms with Crippen molar-refractivity contribution in [1.29, 1.82) is 5.41 Å². The van der Waals surface area contributed by atoms with E-state index in [1.165, 1.54) is 0 Å². The minimum absolute atomic E-state index is 0.227. The average Bonchev–Trinajstić information content (AvgIpc) is 2.86. The lowest BCUT2D eigenvalue weighted by atomic mass is 9.47.